The van der Waals surface area contributed by atoms with Crippen LogP contribution in [0.25, 0.3) is 0 Å². The lowest BCUT2D eigenvalue weighted by Crippen LogP contribution is -2.51. The molecule has 3 aromatic carbocycles. The maximum absolute atomic E-state index is 10.7. The fourth-order valence-corrected chi connectivity index (χ4v) is 5.35. The number of benzene rings is 3. The molecule has 2 fully saturated rings. The van der Waals surface area contributed by atoms with E-state index < -0.39 is 0 Å². The van der Waals surface area contributed by atoms with Gasteiger partial charge in [0.2, 0.25) is 11.8 Å². The molecule has 1 unspecified atom stereocenters. The van der Waals surface area contributed by atoms with Crippen LogP contribution in [-0.4, -0.2) is 121 Å². The first-order valence-corrected chi connectivity index (χ1v) is 22.4. The van der Waals surface area contributed by atoms with E-state index in [9.17, 15) is 38.4 Å². The number of Topliss-reactive ketones (excluding diaryl/α,β-unsaturated/α-hetero) is 4. The Kier molecular flexibility index (Phi) is 35.4. The van der Waals surface area contributed by atoms with Gasteiger partial charge in [-0.1, -0.05) is 60.7 Å². The number of phenolic OH excluding ortho intramolecular Hbond substituents is 1. The van der Waals surface area contributed by atoms with Crippen molar-refractivity contribution >= 4 is 46.9 Å². The quantitative estimate of drug-likeness (QED) is 0.122. The third-order valence-electron chi connectivity index (χ3n) is 8.23. The first-order valence-electron chi connectivity index (χ1n) is 22.4. The van der Waals surface area contributed by atoms with Crippen LogP contribution in [0, 0.1) is 13.8 Å². The number of ketones is 4. The van der Waals surface area contributed by atoms with E-state index in [1.807, 2.05) is 104 Å². The van der Waals surface area contributed by atoms with Crippen molar-refractivity contribution < 1.29 is 57.7 Å². The van der Waals surface area contributed by atoms with Gasteiger partial charge in [-0.25, -0.2) is 4.79 Å². The molecular formula is C52H81N5O12. The predicted molar refractivity (Wildman–Crippen MR) is 271 cm³/mol. The largest absolute Gasteiger partial charge is 0.508 e. The predicted octanol–water partition coefficient (Wildman–Crippen LogP) is 7.11. The first-order chi connectivity index (χ1) is 31.9. The Morgan fingerprint density at radius 2 is 1.25 bits per heavy atom. The Morgan fingerprint density at radius 1 is 0.754 bits per heavy atom. The van der Waals surface area contributed by atoms with Gasteiger partial charge in [-0.3, -0.25) is 33.6 Å². The second-order valence-corrected chi connectivity index (χ2v) is 17.3. The van der Waals surface area contributed by atoms with Gasteiger partial charge in [-0.05, 0) is 120 Å². The molecule has 17 heteroatoms. The standard InChI is InChI=1S/C11H14O2.C8H8O2.C8H8O.C6H10N2O2.C6H11NO2.C6H13NO.C6H12O2.CH5N/c1-8-5-4-6-9(2)11(8)13-7-10(3)12;1-6(9)7-3-2-4-8(10)5-7;1-7(9)8-5-3-2-4-6-8;1-4(9)5-2-3-7-6(10)8-5;1-6(8)7-2-4-9-5-3-7;1-5(8)7-6(2,3)4;1-5(7)8-6(2,3)4;1-2/h4-6H,7H2,1-3H3;2-5,10H,1H3;2-6H,1H3;5H,2-3H2,1H3,(H2,7,8,10);2-5H2,1H3;1-4H3,(H,7,8);1-4H3;2H2,1H3. The Balaban J connectivity index is -0.000000736. The van der Waals surface area contributed by atoms with Crippen LogP contribution in [0.4, 0.5) is 4.79 Å². The van der Waals surface area contributed by atoms with Gasteiger partial charge in [0.25, 0.3) is 0 Å². The summed E-state index contributed by atoms with van der Waals surface area (Å²) in [5, 5.41) is 16.7. The molecule has 1 atom stereocenters. The minimum absolute atomic E-state index is 0.0230. The van der Waals surface area contributed by atoms with E-state index in [1.165, 1.54) is 53.8 Å². The zero-order valence-corrected chi connectivity index (χ0v) is 43.9. The molecule has 4 amide bonds. The lowest BCUT2D eigenvalue weighted by molar-refractivity contribution is -0.152. The molecule has 2 saturated heterocycles. The summed E-state index contributed by atoms with van der Waals surface area (Å²) in [4.78, 5) is 86.4. The third kappa shape index (κ3) is 39.3. The van der Waals surface area contributed by atoms with Crippen LogP contribution in [0.15, 0.2) is 72.8 Å². The van der Waals surface area contributed by atoms with Crippen molar-refractivity contribution in [1.29, 1.82) is 0 Å². The van der Waals surface area contributed by atoms with E-state index in [0.717, 1.165) is 35.5 Å². The molecule has 0 bridgehead atoms. The summed E-state index contributed by atoms with van der Waals surface area (Å²) < 4.78 is 15.2. The average molecular weight is 968 g/mol. The number of carbonyl (C=O) groups excluding carboxylic acids is 8. The Hall–Kier alpha value is -6.46. The van der Waals surface area contributed by atoms with Gasteiger partial charge in [0.15, 0.2) is 23.1 Å². The van der Waals surface area contributed by atoms with E-state index in [-0.39, 0.29) is 76.5 Å². The van der Waals surface area contributed by atoms with E-state index >= 15 is 0 Å². The van der Waals surface area contributed by atoms with Crippen LogP contribution in [-0.2, 0) is 33.4 Å². The van der Waals surface area contributed by atoms with Gasteiger partial charge in [0.05, 0.1) is 19.3 Å². The lowest BCUT2D eigenvalue weighted by Gasteiger charge is -2.25. The molecule has 2 aliphatic rings. The highest BCUT2D eigenvalue weighted by atomic mass is 16.6. The number of hydrogen-bond donors (Lipinski definition) is 5. The number of nitrogens with two attached hydrogens (primary N) is 1. The molecule has 6 N–H and O–H groups in total. The number of rotatable bonds is 6. The average Bonchev–Trinajstić information content (AvgIpc) is 3.24. The summed E-state index contributed by atoms with van der Waals surface area (Å²) >= 11 is 0. The highest BCUT2D eigenvalue weighted by Gasteiger charge is 2.20. The lowest BCUT2D eigenvalue weighted by atomic mass is 10.1. The van der Waals surface area contributed by atoms with Gasteiger partial charge in [0.1, 0.15) is 23.7 Å². The van der Waals surface area contributed by atoms with Crippen LogP contribution in [0.2, 0.25) is 0 Å². The molecule has 2 heterocycles. The zero-order valence-electron chi connectivity index (χ0n) is 43.9. The molecule has 0 radical (unpaired) electrons. The molecule has 0 spiro atoms. The Bertz CT molecular complexity index is 1970. The van der Waals surface area contributed by atoms with Crippen LogP contribution >= 0.6 is 0 Å². The van der Waals surface area contributed by atoms with Gasteiger partial charge in [0, 0.05) is 57.1 Å². The molecule has 2 aliphatic heterocycles. The highest BCUT2D eigenvalue weighted by molar-refractivity contribution is 5.94. The van der Waals surface area contributed by atoms with Crippen LogP contribution in [0.3, 0.4) is 0 Å². The fourth-order valence-electron chi connectivity index (χ4n) is 5.35. The summed E-state index contributed by atoms with van der Waals surface area (Å²) in [6, 6.07) is 20.9. The van der Waals surface area contributed by atoms with E-state index in [0.29, 0.717) is 31.7 Å². The van der Waals surface area contributed by atoms with Crippen molar-refractivity contribution in [3.05, 3.63) is 95.1 Å². The molecule has 0 aromatic heterocycles. The number of ether oxygens (including phenoxy) is 3. The summed E-state index contributed by atoms with van der Waals surface area (Å²) in [7, 11) is 1.50. The molecule has 69 heavy (non-hydrogen) atoms. The number of carbonyl (C=O) groups is 8. The topological polar surface area (TPSA) is 250 Å². The third-order valence-corrected chi connectivity index (χ3v) is 8.23. The number of morpholine rings is 1. The number of esters is 1. The smallest absolute Gasteiger partial charge is 0.315 e. The molecule has 5 rings (SSSR count). The van der Waals surface area contributed by atoms with Crippen molar-refractivity contribution in [1.82, 2.24) is 20.9 Å². The number of phenols is 1. The van der Waals surface area contributed by atoms with Crippen molar-refractivity contribution in [2.45, 2.75) is 127 Å². The number of amides is 4. The number of para-hydroxylation sites is 1. The van der Waals surface area contributed by atoms with Crippen LogP contribution in [0.1, 0.15) is 128 Å². The van der Waals surface area contributed by atoms with Crippen molar-refractivity contribution in [2.75, 3.05) is 46.5 Å². The number of aromatic hydroxyl groups is 1. The van der Waals surface area contributed by atoms with E-state index in [1.54, 1.807) is 30.9 Å². The van der Waals surface area contributed by atoms with Gasteiger partial charge >= 0.3 is 12.0 Å². The van der Waals surface area contributed by atoms with Gasteiger partial charge in [-0.2, -0.15) is 0 Å². The molecule has 0 saturated carbocycles. The van der Waals surface area contributed by atoms with Crippen LogP contribution < -0.4 is 26.4 Å². The maximum Gasteiger partial charge on any atom is 0.315 e. The number of urea groups is 1. The number of hydrogen-bond acceptors (Lipinski definition) is 13. The summed E-state index contributed by atoms with van der Waals surface area (Å²) in [5.41, 5.74) is 7.55. The van der Waals surface area contributed by atoms with Crippen molar-refractivity contribution in [3.63, 3.8) is 0 Å². The second kappa shape index (κ2) is 36.6. The second-order valence-electron chi connectivity index (χ2n) is 17.3. The molecule has 0 aliphatic carbocycles. The van der Waals surface area contributed by atoms with E-state index in [2.05, 4.69) is 21.7 Å². The molecular weight excluding hydrogens is 887 g/mol. The number of nitrogens with zero attached hydrogens (tertiary/aromatic N) is 1. The highest BCUT2D eigenvalue weighted by Crippen LogP contribution is 2.22. The Labute approximate surface area is 410 Å². The summed E-state index contributed by atoms with van der Waals surface area (Å²) in [5.74, 6) is 1.07. The zero-order chi connectivity index (χ0) is 53.9. The summed E-state index contributed by atoms with van der Waals surface area (Å²) in [6.45, 7) is 29.5. The minimum Gasteiger partial charge on any atom is -0.508 e. The normalized spacial score (nSPS) is 13.2. The number of aryl methyl sites for hydroxylation is 2. The van der Waals surface area contributed by atoms with Crippen molar-refractivity contribution in [2.24, 2.45) is 5.73 Å². The van der Waals surface area contributed by atoms with Gasteiger partial charge < -0.3 is 45.9 Å². The van der Waals surface area contributed by atoms with Crippen molar-refractivity contribution in [3.8, 4) is 11.5 Å². The maximum atomic E-state index is 10.7. The first kappa shape index (κ1) is 66.8. The van der Waals surface area contributed by atoms with Crippen LogP contribution in [0.5, 0.6) is 11.5 Å². The minimum atomic E-state index is -0.328. The summed E-state index contributed by atoms with van der Waals surface area (Å²) in [6.07, 6.45) is 0.696. The Morgan fingerprint density at radius 3 is 1.54 bits per heavy atom. The van der Waals surface area contributed by atoms with E-state index in [4.69, 9.17) is 19.3 Å². The molecule has 386 valence electrons. The van der Waals surface area contributed by atoms with Gasteiger partial charge in [-0.15, -0.1) is 0 Å². The molecule has 3 aromatic rings. The fraction of sp³-hybridized carbons (Fsp3) is 0.500. The monoisotopic (exact) mass is 968 g/mol. The SMILES string of the molecule is CC(=O)C1CCNC(=O)N1.CC(=O)COc1c(C)cccc1C.CC(=O)N1CCOCC1.CC(=O)NC(C)(C)C.CC(=O)OC(C)(C)C.CC(=O)c1cccc(O)c1.CC(=O)c1ccccc1.CN. The number of nitrogens with one attached hydrogen (secondary N) is 3. The molecule has 17 nitrogen and oxygen atoms in total.